The summed E-state index contributed by atoms with van der Waals surface area (Å²) < 4.78 is 11.6. The predicted molar refractivity (Wildman–Crippen MR) is 82.5 cm³/mol. The highest BCUT2D eigenvalue weighted by atomic mass is 16.5. The molecule has 4 heteroatoms. The molecule has 4 nitrogen and oxygen atoms in total. The minimum absolute atomic E-state index is 0.100. The zero-order valence-corrected chi connectivity index (χ0v) is 12.8. The van der Waals surface area contributed by atoms with E-state index in [9.17, 15) is 0 Å². The molecule has 1 fully saturated rings. The number of aliphatic hydroxyl groups excluding tert-OH is 1. The van der Waals surface area contributed by atoms with E-state index in [4.69, 9.17) is 14.6 Å². The summed E-state index contributed by atoms with van der Waals surface area (Å²) in [5.74, 6) is 6.82. The van der Waals surface area contributed by atoms with Crippen molar-refractivity contribution in [2.24, 2.45) is 0 Å². The second-order valence-electron chi connectivity index (χ2n) is 5.32. The standard InChI is InChI=1S/C17H23NO3/c1-14-11-15(5-3-4-9-19)6-7-17(14)21-13-16-12-18(2)8-10-20-16/h6-7,11,16,19H,4,8-10,12-13H2,1-2H3. The third-order valence-electron chi connectivity index (χ3n) is 3.41. The van der Waals surface area contributed by atoms with Crippen LogP contribution in [0, 0.1) is 18.8 Å². The summed E-state index contributed by atoms with van der Waals surface area (Å²) in [7, 11) is 2.10. The molecule has 1 atom stereocenters. The molecule has 0 spiro atoms. The maximum absolute atomic E-state index is 8.72. The van der Waals surface area contributed by atoms with E-state index in [2.05, 4.69) is 23.8 Å². The number of aliphatic hydroxyl groups is 1. The Morgan fingerprint density at radius 2 is 2.33 bits per heavy atom. The van der Waals surface area contributed by atoms with Gasteiger partial charge in [-0.3, -0.25) is 0 Å². The third kappa shape index (κ3) is 5.05. The third-order valence-corrected chi connectivity index (χ3v) is 3.41. The van der Waals surface area contributed by atoms with Crippen LogP contribution in [0.4, 0.5) is 0 Å². The number of benzene rings is 1. The van der Waals surface area contributed by atoms with Crippen LogP contribution in [-0.2, 0) is 4.74 Å². The van der Waals surface area contributed by atoms with Crippen LogP contribution in [0.2, 0.25) is 0 Å². The molecule has 0 aromatic heterocycles. The Morgan fingerprint density at radius 3 is 3.05 bits per heavy atom. The van der Waals surface area contributed by atoms with Crippen LogP contribution in [0.25, 0.3) is 0 Å². The summed E-state index contributed by atoms with van der Waals surface area (Å²) in [6, 6.07) is 5.90. The van der Waals surface area contributed by atoms with Gasteiger partial charge >= 0.3 is 0 Å². The number of aryl methyl sites for hydroxylation is 1. The Morgan fingerprint density at radius 1 is 1.48 bits per heavy atom. The number of morpholine rings is 1. The van der Waals surface area contributed by atoms with E-state index in [-0.39, 0.29) is 12.7 Å². The van der Waals surface area contributed by atoms with Crippen LogP contribution in [0.5, 0.6) is 5.75 Å². The SMILES string of the molecule is Cc1cc(C#CCCO)ccc1OCC1CN(C)CCO1. The molecule has 21 heavy (non-hydrogen) atoms. The van der Waals surface area contributed by atoms with Gasteiger partial charge in [0.05, 0.1) is 13.2 Å². The number of hydrogen-bond acceptors (Lipinski definition) is 4. The van der Waals surface area contributed by atoms with E-state index in [0.717, 1.165) is 36.6 Å². The number of rotatable bonds is 4. The number of nitrogens with zero attached hydrogens (tertiary/aromatic N) is 1. The first kappa shape index (κ1) is 15.8. The van der Waals surface area contributed by atoms with Crippen LogP contribution in [0.15, 0.2) is 18.2 Å². The molecule has 1 aliphatic heterocycles. The van der Waals surface area contributed by atoms with Gasteiger partial charge < -0.3 is 19.5 Å². The van der Waals surface area contributed by atoms with Gasteiger partial charge in [-0.05, 0) is 37.7 Å². The van der Waals surface area contributed by atoms with E-state index in [1.54, 1.807) is 0 Å². The molecule has 1 aromatic rings. The van der Waals surface area contributed by atoms with Crippen molar-refractivity contribution in [3.8, 4) is 17.6 Å². The molecule has 0 bridgehead atoms. The molecular formula is C17H23NO3. The van der Waals surface area contributed by atoms with E-state index >= 15 is 0 Å². The lowest BCUT2D eigenvalue weighted by Gasteiger charge is -2.30. The summed E-state index contributed by atoms with van der Waals surface area (Å²) >= 11 is 0. The Bertz CT molecular complexity index is 519. The van der Waals surface area contributed by atoms with Gasteiger partial charge in [0.1, 0.15) is 18.5 Å². The minimum atomic E-state index is 0.100. The van der Waals surface area contributed by atoms with Crippen LogP contribution < -0.4 is 4.74 Å². The second-order valence-corrected chi connectivity index (χ2v) is 5.32. The van der Waals surface area contributed by atoms with Crippen molar-refractivity contribution in [1.82, 2.24) is 4.90 Å². The first-order valence-electron chi connectivity index (χ1n) is 7.32. The fraction of sp³-hybridized carbons (Fsp3) is 0.529. The molecular weight excluding hydrogens is 266 g/mol. The summed E-state index contributed by atoms with van der Waals surface area (Å²) in [6.45, 7) is 5.34. The van der Waals surface area contributed by atoms with E-state index in [1.807, 2.05) is 25.1 Å². The van der Waals surface area contributed by atoms with Gasteiger partial charge in [-0.15, -0.1) is 0 Å². The normalized spacial score (nSPS) is 18.9. The first-order chi connectivity index (χ1) is 10.2. The predicted octanol–water partition coefficient (Wildman–Crippen LogP) is 1.44. The van der Waals surface area contributed by atoms with Crippen molar-refractivity contribution >= 4 is 0 Å². The number of ether oxygens (including phenoxy) is 2. The fourth-order valence-electron chi connectivity index (χ4n) is 2.26. The lowest BCUT2D eigenvalue weighted by molar-refractivity contribution is -0.0404. The summed E-state index contributed by atoms with van der Waals surface area (Å²) in [5.41, 5.74) is 2.01. The zero-order valence-electron chi connectivity index (χ0n) is 12.8. The van der Waals surface area contributed by atoms with Gasteiger partial charge in [-0.1, -0.05) is 11.8 Å². The molecule has 1 saturated heterocycles. The molecule has 0 saturated carbocycles. The summed E-state index contributed by atoms with van der Waals surface area (Å²) in [4.78, 5) is 2.25. The highest BCUT2D eigenvalue weighted by molar-refractivity contribution is 5.43. The quantitative estimate of drug-likeness (QED) is 0.852. The molecule has 0 amide bonds. The van der Waals surface area contributed by atoms with Gasteiger partial charge in [0.2, 0.25) is 0 Å². The fourth-order valence-corrected chi connectivity index (χ4v) is 2.26. The Labute approximate surface area is 126 Å². The maximum Gasteiger partial charge on any atom is 0.122 e. The molecule has 1 unspecified atom stereocenters. The lowest BCUT2D eigenvalue weighted by atomic mass is 10.1. The average Bonchev–Trinajstić information content (AvgIpc) is 2.47. The van der Waals surface area contributed by atoms with Gasteiger partial charge in [0, 0.05) is 25.1 Å². The van der Waals surface area contributed by atoms with Crippen LogP contribution >= 0.6 is 0 Å². The molecule has 114 valence electrons. The molecule has 1 N–H and O–H groups in total. The summed E-state index contributed by atoms with van der Waals surface area (Å²) in [5, 5.41) is 8.72. The number of hydrogen-bond donors (Lipinski definition) is 1. The Hall–Kier alpha value is -1.54. The van der Waals surface area contributed by atoms with Crippen molar-refractivity contribution < 1.29 is 14.6 Å². The van der Waals surface area contributed by atoms with Gasteiger partial charge in [0.15, 0.2) is 0 Å². The molecule has 1 aliphatic rings. The van der Waals surface area contributed by atoms with Crippen molar-refractivity contribution in [2.45, 2.75) is 19.4 Å². The minimum Gasteiger partial charge on any atom is -0.491 e. The highest BCUT2D eigenvalue weighted by Crippen LogP contribution is 2.19. The summed E-state index contributed by atoms with van der Waals surface area (Å²) in [6.07, 6.45) is 0.635. The first-order valence-corrected chi connectivity index (χ1v) is 7.32. The van der Waals surface area contributed by atoms with E-state index in [0.29, 0.717) is 13.0 Å². The topological polar surface area (TPSA) is 41.9 Å². The highest BCUT2D eigenvalue weighted by Gasteiger charge is 2.18. The van der Waals surface area contributed by atoms with E-state index in [1.165, 1.54) is 0 Å². The van der Waals surface area contributed by atoms with E-state index < -0.39 is 0 Å². The Balaban J connectivity index is 1.90. The van der Waals surface area contributed by atoms with Crippen molar-refractivity contribution in [1.29, 1.82) is 0 Å². The molecule has 1 aromatic carbocycles. The molecule has 0 radical (unpaired) electrons. The van der Waals surface area contributed by atoms with Crippen molar-refractivity contribution in [3.63, 3.8) is 0 Å². The lowest BCUT2D eigenvalue weighted by Crippen LogP contribution is -2.42. The molecule has 1 heterocycles. The smallest absolute Gasteiger partial charge is 0.122 e. The van der Waals surface area contributed by atoms with Crippen molar-refractivity contribution in [3.05, 3.63) is 29.3 Å². The Kier molecular flexibility index (Phi) is 6.06. The zero-order chi connectivity index (χ0) is 15.1. The van der Waals surface area contributed by atoms with Gasteiger partial charge in [-0.2, -0.15) is 0 Å². The van der Waals surface area contributed by atoms with Crippen LogP contribution in [-0.4, -0.2) is 56.1 Å². The second kappa shape index (κ2) is 8.04. The van der Waals surface area contributed by atoms with Crippen LogP contribution in [0.3, 0.4) is 0 Å². The van der Waals surface area contributed by atoms with Gasteiger partial charge in [-0.25, -0.2) is 0 Å². The van der Waals surface area contributed by atoms with Crippen molar-refractivity contribution in [2.75, 3.05) is 40.0 Å². The number of likely N-dealkylation sites (N-methyl/N-ethyl adjacent to an activating group) is 1. The van der Waals surface area contributed by atoms with Crippen LogP contribution in [0.1, 0.15) is 17.5 Å². The average molecular weight is 289 g/mol. The largest absolute Gasteiger partial charge is 0.491 e. The molecule has 0 aliphatic carbocycles. The maximum atomic E-state index is 8.72. The van der Waals surface area contributed by atoms with Gasteiger partial charge in [0.25, 0.3) is 0 Å². The molecule has 2 rings (SSSR count). The monoisotopic (exact) mass is 289 g/mol.